The Morgan fingerprint density at radius 1 is 1.24 bits per heavy atom. The Labute approximate surface area is 193 Å². The number of carbonyl (C=O) groups excluding carboxylic acids is 1. The van der Waals surface area contributed by atoms with E-state index >= 15 is 0 Å². The molecule has 4 heterocycles. The van der Waals surface area contributed by atoms with E-state index in [1.807, 2.05) is 10.7 Å². The number of piperidine rings is 1. The number of amides is 2. The second-order valence-corrected chi connectivity index (χ2v) is 9.78. The third-order valence-electron chi connectivity index (χ3n) is 6.80. The third-order valence-corrected chi connectivity index (χ3v) is 6.80. The van der Waals surface area contributed by atoms with Crippen LogP contribution in [0.3, 0.4) is 0 Å². The van der Waals surface area contributed by atoms with Crippen LogP contribution < -0.4 is 5.32 Å². The van der Waals surface area contributed by atoms with Crippen LogP contribution in [-0.4, -0.2) is 64.9 Å². The van der Waals surface area contributed by atoms with E-state index in [1.54, 1.807) is 12.4 Å². The van der Waals surface area contributed by atoms with E-state index in [2.05, 4.69) is 39.4 Å². The van der Waals surface area contributed by atoms with Gasteiger partial charge in [-0.3, -0.25) is 14.8 Å². The van der Waals surface area contributed by atoms with E-state index in [1.165, 1.54) is 6.20 Å². The van der Waals surface area contributed by atoms with Crippen LogP contribution in [0.4, 0.5) is 23.7 Å². The molecule has 3 N–H and O–H groups in total. The van der Waals surface area contributed by atoms with Gasteiger partial charge in [-0.25, -0.2) is 4.79 Å². The summed E-state index contributed by atoms with van der Waals surface area (Å²) >= 11 is 0. The highest BCUT2D eigenvalue weighted by atomic mass is 19.4. The number of aromatic nitrogens is 5. The van der Waals surface area contributed by atoms with Crippen LogP contribution in [0, 0.1) is 5.92 Å². The number of likely N-dealkylation sites (tertiary alicyclic amines) is 1. The van der Waals surface area contributed by atoms with Gasteiger partial charge in [-0.15, -0.1) is 0 Å². The van der Waals surface area contributed by atoms with Crippen molar-refractivity contribution >= 4 is 22.6 Å². The Morgan fingerprint density at radius 2 is 1.97 bits per heavy atom. The Hall–Kier alpha value is -3.15. The van der Waals surface area contributed by atoms with Crippen molar-refractivity contribution in [1.82, 2.24) is 29.9 Å². The normalized spacial score (nSPS) is 22.0. The number of β-amino-alcohol motifs (C(OH)–C–C–N with tert-alkyl or cyclic N) is 1. The van der Waals surface area contributed by atoms with Crippen LogP contribution >= 0.6 is 0 Å². The van der Waals surface area contributed by atoms with E-state index in [0.29, 0.717) is 35.8 Å². The molecule has 3 aromatic rings. The fourth-order valence-corrected chi connectivity index (χ4v) is 4.62. The largest absolute Gasteiger partial charge is 0.418 e. The first-order valence-electron chi connectivity index (χ1n) is 11.2. The molecule has 1 aliphatic heterocycles. The zero-order valence-electron chi connectivity index (χ0n) is 18.9. The number of hydrogen-bond donors (Lipinski definition) is 3. The van der Waals surface area contributed by atoms with Gasteiger partial charge >= 0.3 is 12.2 Å². The summed E-state index contributed by atoms with van der Waals surface area (Å²) in [6.07, 6.45) is 0.907. The summed E-state index contributed by atoms with van der Waals surface area (Å²) in [5, 5.41) is 25.0. The standard InChI is InChI=1S/C22H26F3N7O2/c1-13(2)11-32-17-7-15(26-8-14(17)9-28-32)18-16(10-27-30-18)29-19(33)31-12-21(34,22(23,24)25)6-5-20(31)3-4-20/h7-10,13,34H,3-6,11-12H2,1-2H3,(H,27,30)(H,29,33). The molecule has 182 valence electrons. The molecule has 3 aromatic heterocycles. The number of aliphatic hydroxyl groups is 1. The molecule has 9 nitrogen and oxygen atoms in total. The van der Waals surface area contributed by atoms with E-state index in [0.717, 1.165) is 22.3 Å². The lowest BCUT2D eigenvalue weighted by molar-refractivity contribution is -0.275. The predicted molar refractivity (Wildman–Crippen MR) is 118 cm³/mol. The summed E-state index contributed by atoms with van der Waals surface area (Å²) in [6.45, 7) is 4.10. The quantitative estimate of drug-likeness (QED) is 0.527. The zero-order chi connectivity index (χ0) is 24.3. The number of urea groups is 1. The molecule has 12 heteroatoms. The van der Waals surface area contributed by atoms with Gasteiger partial charge in [0.2, 0.25) is 0 Å². The molecule has 1 spiro atoms. The maximum Gasteiger partial charge on any atom is 0.418 e. The van der Waals surface area contributed by atoms with Crippen LogP contribution in [0.5, 0.6) is 0 Å². The number of aromatic amines is 1. The van der Waals surface area contributed by atoms with Gasteiger partial charge in [0, 0.05) is 23.7 Å². The van der Waals surface area contributed by atoms with Gasteiger partial charge in [-0.2, -0.15) is 23.4 Å². The van der Waals surface area contributed by atoms with E-state index < -0.39 is 36.3 Å². The Balaban J connectivity index is 1.41. The van der Waals surface area contributed by atoms with Crippen LogP contribution in [-0.2, 0) is 6.54 Å². The minimum atomic E-state index is -4.82. The summed E-state index contributed by atoms with van der Waals surface area (Å²) in [7, 11) is 0. The van der Waals surface area contributed by atoms with Crippen molar-refractivity contribution in [1.29, 1.82) is 0 Å². The number of halogens is 3. The Bertz CT molecular complexity index is 1230. The number of nitrogens with zero attached hydrogens (tertiary/aromatic N) is 5. The molecular weight excluding hydrogens is 451 g/mol. The number of hydrogen-bond acceptors (Lipinski definition) is 5. The first kappa shape index (κ1) is 22.6. The number of nitrogens with one attached hydrogen (secondary N) is 2. The number of pyridine rings is 1. The van der Waals surface area contributed by atoms with Gasteiger partial charge in [0.05, 0.1) is 35.8 Å². The fraction of sp³-hybridized carbons (Fsp3) is 0.545. The lowest BCUT2D eigenvalue weighted by Gasteiger charge is -2.45. The average Bonchev–Trinajstić information content (AvgIpc) is 3.20. The number of carbonyl (C=O) groups is 1. The van der Waals surface area contributed by atoms with Crippen molar-refractivity contribution in [2.75, 3.05) is 11.9 Å². The predicted octanol–water partition coefficient (Wildman–Crippen LogP) is 3.93. The summed E-state index contributed by atoms with van der Waals surface area (Å²) in [4.78, 5) is 18.7. The van der Waals surface area contributed by atoms with Gasteiger partial charge in [0.25, 0.3) is 0 Å². The zero-order valence-corrected chi connectivity index (χ0v) is 18.9. The fourth-order valence-electron chi connectivity index (χ4n) is 4.62. The molecule has 1 saturated heterocycles. The van der Waals surface area contributed by atoms with Crippen LogP contribution in [0.25, 0.3) is 22.3 Å². The molecule has 2 fully saturated rings. The molecule has 0 bridgehead atoms. The number of anilines is 1. The molecule has 1 unspecified atom stereocenters. The molecule has 1 aliphatic carbocycles. The molecule has 5 rings (SSSR count). The Kier molecular flexibility index (Phi) is 5.12. The van der Waals surface area contributed by atoms with Gasteiger partial charge in [0.1, 0.15) is 5.69 Å². The monoisotopic (exact) mass is 477 g/mol. The first-order chi connectivity index (χ1) is 16.0. The van der Waals surface area contributed by atoms with Crippen LogP contribution in [0.1, 0.15) is 39.5 Å². The van der Waals surface area contributed by atoms with Gasteiger partial charge in [-0.05, 0) is 37.7 Å². The van der Waals surface area contributed by atoms with Crippen molar-refractivity contribution in [2.45, 2.75) is 63.4 Å². The maximum absolute atomic E-state index is 13.5. The topological polar surface area (TPSA) is 112 Å². The number of rotatable bonds is 4. The highest BCUT2D eigenvalue weighted by molar-refractivity contribution is 5.94. The van der Waals surface area contributed by atoms with Crippen molar-refractivity contribution in [3.8, 4) is 11.4 Å². The minimum absolute atomic E-state index is 0.104. The van der Waals surface area contributed by atoms with Gasteiger partial charge < -0.3 is 15.3 Å². The second-order valence-electron chi connectivity index (χ2n) is 9.78. The van der Waals surface area contributed by atoms with Crippen LogP contribution in [0.15, 0.2) is 24.7 Å². The molecule has 2 amide bonds. The summed E-state index contributed by atoms with van der Waals surface area (Å²) in [5.41, 5.74) is -1.44. The number of fused-ring (bicyclic) bond motifs is 1. The third kappa shape index (κ3) is 3.79. The molecule has 0 aromatic carbocycles. The summed E-state index contributed by atoms with van der Waals surface area (Å²) < 4.78 is 42.3. The van der Waals surface area contributed by atoms with Crippen molar-refractivity contribution in [3.05, 3.63) is 24.7 Å². The molecule has 1 saturated carbocycles. The minimum Gasteiger partial charge on any atom is -0.379 e. The molecule has 34 heavy (non-hydrogen) atoms. The maximum atomic E-state index is 13.5. The summed E-state index contributed by atoms with van der Waals surface area (Å²) in [6, 6.07) is 1.13. The van der Waals surface area contributed by atoms with Crippen molar-refractivity contribution in [2.24, 2.45) is 5.92 Å². The van der Waals surface area contributed by atoms with E-state index in [4.69, 9.17) is 0 Å². The van der Waals surface area contributed by atoms with E-state index in [-0.39, 0.29) is 6.42 Å². The van der Waals surface area contributed by atoms with E-state index in [9.17, 15) is 23.1 Å². The average molecular weight is 477 g/mol. The molecule has 1 atom stereocenters. The lowest BCUT2D eigenvalue weighted by Crippen LogP contribution is -2.62. The Morgan fingerprint density at radius 3 is 2.65 bits per heavy atom. The van der Waals surface area contributed by atoms with Crippen molar-refractivity contribution < 1.29 is 23.1 Å². The highest BCUT2D eigenvalue weighted by Crippen LogP contribution is 2.53. The van der Waals surface area contributed by atoms with Gasteiger partial charge in [0.15, 0.2) is 5.60 Å². The SMILES string of the molecule is CC(C)Cn1ncc2cnc(-c3[nH]ncc3NC(=O)N3CC(O)(C(F)(F)F)CCC34CC4)cc21. The highest BCUT2D eigenvalue weighted by Gasteiger charge is 2.63. The second kappa shape index (κ2) is 7.69. The summed E-state index contributed by atoms with van der Waals surface area (Å²) in [5.74, 6) is 0.386. The van der Waals surface area contributed by atoms with Crippen LogP contribution in [0.2, 0.25) is 0 Å². The molecule has 2 aliphatic rings. The number of alkyl halides is 3. The lowest BCUT2D eigenvalue weighted by atomic mass is 9.86. The van der Waals surface area contributed by atoms with Crippen molar-refractivity contribution in [3.63, 3.8) is 0 Å². The van der Waals surface area contributed by atoms with Gasteiger partial charge in [-0.1, -0.05) is 13.8 Å². The molecule has 0 radical (unpaired) electrons. The molecular formula is C22H26F3N7O2. The smallest absolute Gasteiger partial charge is 0.379 e. The first-order valence-corrected chi connectivity index (χ1v) is 11.2. The number of H-pyrrole nitrogens is 1.